The summed E-state index contributed by atoms with van der Waals surface area (Å²) in [7, 11) is -1.94. The Bertz CT molecular complexity index is 664. The molecule has 1 amide bonds. The maximum Gasteiger partial charge on any atom is 0.253 e. The van der Waals surface area contributed by atoms with Crippen molar-refractivity contribution in [3.8, 4) is 0 Å². The van der Waals surface area contributed by atoms with Crippen LogP contribution in [-0.4, -0.2) is 62.4 Å². The summed E-state index contributed by atoms with van der Waals surface area (Å²) in [4.78, 5) is 13.9. The Morgan fingerprint density at radius 2 is 1.91 bits per heavy atom. The van der Waals surface area contributed by atoms with Gasteiger partial charge in [-0.15, -0.1) is 0 Å². The van der Waals surface area contributed by atoms with Crippen LogP contribution in [0.4, 0.5) is 0 Å². The molecule has 2 atom stereocenters. The van der Waals surface area contributed by atoms with Gasteiger partial charge in [0.05, 0.1) is 17.1 Å². The van der Waals surface area contributed by atoms with E-state index in [0.29, 0.717) is 25.2 Å². The third-order valence-corrected chi connectivity index (χ3v) is 5.75. The van der Waals surface area contributed by atoms with E-state index in [1.807, 2.05) is 20.8 Å². The summed E-state index contributed by atoms with van der Waals surface area (Å²) in [6.45, 7) is 6.78. The minimum absolute atomic E-state index is 0.147. The molecule has 2 unspecified atom stereocenters. The van der Waals surface area contributed by atoms with Gasteiger partial charge < -0.3 is 9.64 Å². The molecule has 0 radical (unpaired) electrons. The SMILES string of the molecule is CCN(C)C(=O)c1cccc(S(=O)(=O)N2CC(C)OC(C)C2)c1. The number of carbonyl (C=O) groups excluding carboxylic acids is 1. The van der Waals surface area contributed by atoms with Crippen LogP contribution in [0, 0.1) is 0 Å². The maximum atomic E-state index is 12.8. The van der Waals surface area contributed by atoms with E-state index in [1.54, 1.807) is 24.1 Å². The van der Waals surface area contributed by atoms with Gasteiger partial charge in [0.2, 0.25) is 10.0 Å². The summed E-state index contributed by atoms with van der Waals surface area (Å²) in [5.74, 6) is -0.187. The molecule has 1 heterocycles. The van der Waals surface area contributed by atoms with E-state index in [-0.39, 0.29) is 23.0 Å². The number of sulfonamides is 1. The zero-order valence-electron chi connectivity index (χ0n) is 14.0. The number of carbonyl (C=O) groups is 1. The number of hydrogen-bond acceptors (Lipinski definition) is 4. The molecule has 0 aromatic heterocycles. The molecule has 1 aromatic carbocycles. The summed E-state index contributed by atoms with van der Waals surface area (Å²) in [5.41, 5.74) is 0.379. The first-order valence-electron chi connectivity index (χ1n) is 7.76. The Morgan fingerprint density at radius 3 is 2.48 bits per heavy atom. The van der Waals surface area contributed by atoms with Crippen molar-refractivity contribution in [3.05, 3.63) is 29.8 Å². The third kappa shape index (κ3) is 3.91. The third-order valence-electron chi connectivity index (χ3n) is 3.93. The minimum atomic E-state index is -3.63. The van der Waals surface area contributed by atoms with Crippen molar-refractivity contribution in [2.24, 2.45) is 0 Å². The molecule has 7 heteroatoms. The molecule has 1 aromatic rings. The molecule has 1 aliphatic heterocycles. The molecular formula is C16H24N2O4S. The largest absolute Gasteiger partial charge is 0.373 e. The fourth-order valence-corrected chi connectivity index (χ4v) is 4.27. The van der Waals surface area contributed by atoms with Crippen LogP contribution in [0.25, 0.3) is 0 Å². The normalized spacial score (nSPS) is 22.8. The number of ether oxygens (including phenoxy) is 1. The van der Waals surface area contributed by atoms with Gasteiger partial charge in [-0.05, 0) is 39.0 Å². The van der Waals surface area contributed by atoms with Gasteiger partial charge in [-0.2, -0.15) is 4.31 Å². The van der Waals surface area contributed by atoms with Crippen molar-refractivity contribution >= 4 is 15.9 Å². The molecule has 0 bridgehead atoms. The summed E-state index contributed by atoms with van der Waals surface area (Å²) in [6, 6.07) is 6.23. The Balaban J connectivity index is 2.32. The topological polar surface area (TPSA) is 66.9 Å². The van der Waals surface area contributed by atoms with Crippen LogP contribution < -0.4 is 0 Å². The highest BCUT2D eigenvalue weighted by Crippen LogP contribution is 2.22. The van der Waals surface area contributed by atoms with Gasteiger partial charge in [0.25, 0.3) is 5.91 Å². The lowest BCUT2D eigenvalue weighted by molar-refractivity contribution is -0.0440. The van der Waals surface area contributed by atoms with E-state index in [1.165, 1.54) is 16.4 Å². The summed E-state index contributed by atoms with van der Waals surface area (Å²) in [5, 5.41) is 0. The smallest absolute Gasteiger partial charge is 0.253 e. The van der Waals surface area contributed by atoms with Crippen LogP contribution in [0.3, 0.4) is 0 Å². The zero-order chi connectivity index (χ0) is 17.2. The Hall–Kier alpha value is -1.44. The van der Waals surface area contributed by atoms with Gasteiger partial charge in [0.15, 0.2) is 0 Å². The molecule has 0 aliphatic carbocycles. The second kappa shape index (κ2) is 6.98. The first-order valence-corrected chi connectivity index (χ1v) is 9.20. The van der Waals surface area contributed by atoms with Gasteiger partial charge >= 0.3 is 0 Å². The van der Waals surface area contributed by atoms with E-state index in [4.69, 9.17) is 4.74 Å². The van der Waals surface area contributed by atoms with Gasteiger partial charge in [-0.1, -0.05) is 6.07 Å². The molecule has 0 spiro atoms. The van der Waals surface area contributed by atoms with Crippen LogP contribution in [0.15, 0.2) is 29.2 Å². The lowest BCUT2D eigenvalue weighted by Gasteiger charge is -2.34. The van der Waals surface area contributed by atoms with Crippen LogP contribution >= 0.6 is 0 Å². The predicted octanol–water partition coefficient (Wildman–Crippen LogP) is 1.58. The second-order valence-electron chi connectivity index (χ2n) is 5.93. The van der Waals surface area contributed by atoms with Crippen molar-refractivity contribution in [1.29, 1.82) is 0 Å². The van der Waals surface area contributed by atoms with E-state index < -0.39 is 10.0 Å². The van der Waals surface area contributed by atoms with E-state index >= 15 is 0 Å². The molecule has 23 heavy (non-hydrogen) atoms. The number of rotatable bonds is 4. The molecule has 6 nitrogen and oxygen atoms in total. The van der Waals surface area contributed by atoms with Gasteiger partial charge in [0.1, 0.15) is 0 Å². The highest BCUT2D eigenvalue weighted by Gasteiger charge is 2.32. The van der Waals surface area contributed by atoms with Crippen molar-refractivity contribution in [3.63, 3.8) is 0 Å². The van der Waals surface area contributed by atoms with Gasteiger partial charge in [-0.3, -0.25) is 4.79 Å². The lowest BCUT2D eigenvalue weighted by Crippen LogP contribution is -2.48. The average Bonchev–Trinajstić information content (AvgIpc) is 2.52. The van der Waals surface area contributed by atoms with Crippen LogP contribution in [0.1, 0.15) is 31.1 Å². The maximum absolute atomic E-state index is 12.8. The first-order chi connectivity index (χ1) is 10.8. The number of benzene rings is 1. The fourth-order valence-electron chi connectivity index (χ4n) is 2.63. The summed E-state index contributed by atoms with van der Waals surface area (Å²) in [6.07, 6.45) is -0.297. The highest BCUT2D eigenvalue weighted by molar-refractivity contribution is 7.89. The number of amides is 1. The predicted molar refractivity (Wildman–Crippen MR) is 87.8 cm³/mol. The lowest BCUT2D eigenvalue weighted by atomic mass is 10.2. The Morgan fingerprint density at radius 1 is 1.30 bits per heavy atom. The minimum Gasteiger partial charge on any atom is -0.373 e. The van der Waals surface area contributed by atoms with Crippen molar-refractivity contribution < 1.29 is 17.9 Å². The molecule has 1 saturated heterocycles. The van der Waals surface area contributed by atoms with Crippen LogP contribution in [0.2, 0.25) is 0 Å². The summed E-state index contributed by atoms with van der Waals surface area (Å²) < 4.78 is 32.7. The Kier molecular flexibility index (Phi) is 5.44. The number of hydrogen-bond donors (Lipinski definition) is 0. The summed E-state index contributed by atoms with van der Waals surface area (Å²) >= 11 is 0. The van der Waals surface area contributed by atoms with Crippen LogP contribution in [0.5, 0.6) is 0 Å². The molecule has 1 fully saturated rings. The average molecular weight is 340 g/mol. The zero-order valence-corrected chi connectivity index (χ0v) is 14.8. The molecule has 128 valence electrons. The van der Waals surface area contributed by atoms with Crippen molar-refractivity contribution in [2.45, 2.75) is 37.9 Å². The molecule has 0 saturated carbocycles. The highest BCUT2D eigenvalue weighted by atomic mass is 32.2. The van der Waals surface area contributed by atoms with Crippen molar-refractivity contribution in [1.82, 2.24) is 9.21 Å². The number of nitrogens with zero attached hydrogens (tertiary/aromatic N) is 2. The molecule has 0 N–H and O–H groups in total. The standard InChI is InChI=1S/C16H24N2O4S/c1-5-17(4)16(19)14-7-6-8-15(9-14)23(20,21)18-10-12(2)22-13(3)11-18/h6-9,12-13H,5,10-11H2,1-4H3. The Labute approximate surface area is 138 Å². The van der Waals surface area contributed by atoms with E-state index in [2.05, 4.69) is 0 Å². The van der Waals surface area contributed by atoms with Gasteiger partial charge in [-0.25, -0.2) is 8.42 Å². The first kappa shape index (κ1) is 17.9. The molecular weight excluding hydrogens is 316 g/mol. The van der Waals surface area contributed by atoms with E-state index in [0.717, 1.165) is 0 Å². The molecule has 2 rings (SSSR count). The quantitative estimate of drug-likeness (QED) is 0.834. The second-order valence-corrected chi connectivity index (χ2v) is 7.86. The van der Waals surface area contributed by atoms with Crippen LogP contribution in [-0.2, 0) is 14.8 Å². The van der Waals surface area contributed by atoms with E-state index in [9.17, 15) is 13.2 Å². The van der Waals surface area contributed by atoms with Gasteiger partial charge in [0, 0.05) is 32.2 Å². The molecule has 1 aliphatic rings. The fraction of sp³-hybridized carbons (Fsp3) is 0.562. The monoisotopic (exact) mass is 340 g/mol. The van der Waals surface area contributed by atoms with Crippen molar-refractivity contribution in [2.75, 3.05) is 26.7 Å². The number of morpholine rings is 1.